The minimum atomic E-state index is -0.780. The molecule has 68 heavy (non-hydrogen) atoms. The zero-order chi connectivity index (χ0) is 49.5. The van der Waals surface area contributed by atoms with E-state index in [1.54, 1.807) is 0 Å². The number of unbranched alkanes of at least 4 members (excludes halogenated alkanes) is 46. The summed E-state index contributed by atoms with van der Waals surface area (Å²) < 4.78 is 5.99. The summed E-state index contributed by atoms with van der Waals surface area (Å²) in [6.45, 7) is 6.55. The van der Waals surface area contributed by atoms with Crippen LogP contribution in [-0.4, -0.2) is 46.9 Å². The molecule has 0 saturated carbocycles. The molecule has 0 spiro atoms. The molecule has 3 N–H and O–H groups in total. The Morgan fingerprint density at radius 1 is 0.368 bits per heavy atom. The summed E-state index contributed by atoms with van der Waals surface area (Å²) >= 11 is 0. The van der Waals surface area contributed by atoms with Crippen molar-refractivity contribution in [1.29, 1.82) is 0 Å². The van der Waals surface area contributed by atoms with Crippen LogP contribution >= 0.6 is 0 Å². The van der Waals surface area contributed by atoms with Crippen LogP contribution in [0.5, 0.6) is 0 Å². The van der Waals surface area contributed by atoms with Crippen LogP contribution in [0.1, 0.15) is 361 Å². The predicted octanol–water partition coefficient (Wildman–Crippen LogP) is 19.5. The van der Waals surface area contributed by atoms with Crippen LogP contribution in [0.15, 0.2) is 0 Å². The molecule has 6 heteroatoms. The lowest BCUT2D eigenvalue weighted by Gasteiger charge is -2.24. The van der Waals surface area contributed by atoms with Gasteiger partial charge in [-0.25, -0.2) is 0 Å². The summed E-state index contributed by atoms with van der Waals surface area (Å²) in [5, 5.41) is 23.9. The average molecular weight is 963 g/mol. The number of aliphatic hydroxyl groups is 2. The third kappa shape index (κ3) is 51.2. The lowest BCUT2D eigenvalue weighted by Crippen LogP contribution is -2.46. The van der Waals surface area contributed by atoms with Gasteiger partial charge in [-0.2, -0.15) is 0 Å². The number of amides is 1. The van der Waals surface area contributed by atoms with E-state index in [9.17, 15) is 19.8 Å². The number of rotatable bonds is 58. The van der Waals surface area contributed by atoms with E-state index >= 15 is 0 Å². The number of ether oxygens (including phenoxy) is 1. The van der Waals surface area contributed by atoms with Crippen LogP contribution in [0, 0.1) is 0 Å². The molecule has 6 nitrogen and oxygen atoms in total. The molecule has 406 valence electrons. The average Bonchev–Trinajstić information content (AvgIpc) is 3.33. The molecular formula is C62H123NO5. The molecule has 0 bridgehead atoms. The Morgan fingerprint density at radius 2 is 0.618 bits per heavy atom. The Morgan fingerprint density at radius 3 is 0.897 bits per heavy atom. The van der Waals surface area contributed by atoms with Crippen molar-refractivity contribution in [1.82, 2.24) is 5.32 Å². The summed E-state index contributed by atoms with van der Waals surface area (Å²) in [6, 6.07) is -0.693. The van der Waals surface area contributed by atoms with Crippen LogP contribution in [-0.2, 0) is 14.3 Å². The van der Waals surface area contributed by atoms with Crippen molar-refractivity contribution in [3.63, 3.8) is 0 Å². The maximum absolute atomic E-state index is 13.3. The minimum absolute atomic E-state index is 0.0890. The predicted molar refractivity (Wildman–Crippen MR) is 297 cm³/mol. The molecule has 0 aromatic carbocycles. The summed E-state index contributed by atoms with van der Waals surface area (Å²) in [5.74, 6) is -0.440. The van der Waals surface area contributed by atoms with Gasteiger partial charge in [0, 0.05) is 6.42 Å². The van der Waals surface area contributed by atoms with E-state index in [2.05, 4.69) is 26.1 Å². The largest absolute Gasteiger partial charge is 0.462 e. The van der Waals surface area contributed by atoms with Gasteiger partial charge in [-0.05, 0) is 25.7 Å². The highest BCUT2D eigenvalue weighted by Crippen LogP contribution is 2.20. The number of nitrogens with one attached hydrogen (secondary N) is 1. The van der Waals surface area contributed by atoms with Gasteiger partial charge >= 0.3 is 5.97 Å². The number of hydrogen-bond acceptors (Lipinski definition) is 5. The van der Waals surface area contributed by atoms with Crippen LogP contribution in [0.25, 0.3) is 0 Å². The topological polar surface area (TPSA) is 95.9 Å². The van der Waals surface area contributed by atoms with Crippen molar-refractivity contribution in [3.05, 3.63) is 0 Å². The van der Waals surface area contributed by atoms with Gasteiger partial charge < -0.3 is 20.3 Å². The van der Waals surface area contributed by atoms with Crippen molar-refractivity contribution in [2.45, 2.75) is 379 Å². The number of esters is 1. The molecule has 0 aromatic rings. The minimum Gasteiger partial charge on any atom is -0.462 e. The number of aliphatic hydroxyl groups excluding tert-OH is 2. The van der Waals surface area contributed by atoms with Crippen LogP contribution < -0.4 is 5.32 Å². The number of hydrogen-bond donors (Lipinski definition) is 3. The third-order valence-corrected chi connectivity index (χ3v) is 14.9. The third-order valence-electron chi connectivity index (χ3n) is 14.9. The zero-order valence-corrected chi connectivity index (χ0v) is 46.5. The summed E-state index contributed by atoms with van der Waals surface area (Å²) in [7, 11) is 0. The Labute approximate surface area is 426 Å². The fraction of sp³-hybridized carbons (Fsp3) is 0.968. The lowest BCUT2D eigenvalue weighted by molar-refractivity contribution is -0.151. The van der Waals surface area contributed by atoms with Crippen molar-refractivity contribution in [2.24, 2.45) is 0 Å². The highest BCUT2D eigenvalue weighted by Gasteiger charge is 2.24. The van der Waals surface area contributed by atoms with Crippen molar-refractivity contribution in [3.8, 4) is 0 Å². The van der Waals surface area contributed by atoms with E-state index in [1.807, 2.05) is 0 Å². The highest BCUT2D eigenvalue weighted by molar-refractivity contribution is 5.77. The van der Waals surface area contributed by atoms with E-state index in [0.29, 0.717) is 19.3 Å². The van der Waals surface area contributed by atoms with E-state index in [4.69, 9.17) is 4.74 Å². The van der Waals surface area contributed by atoms with Crippen molar-refractivity contribution >= 4 is 11.9 Å². The smallest absolute Gasteiger partial charge is 0.306 e. The fourth-order valence-corrected chi connectivity index (χ4v) is 10.2. The SMILES string of the molecule is CCCCCCCCCCCCCCCCCCCCCC(=O)OC(CCCCCCCCCCCCCCCCCCC)CC(=O)NC(CO)C(O)CCCCCCCCCCCCCCC. The van der Waals surface area contributed by atoms with Crippen molar-refractivity contribution in [2.75, 3.05) is 6.61 Å². The van der Waals surface area contributed by atoms with E-state index < -0.39 is 18.2 Å². The quantitative estimate of drug-likeness (QED) is 0.0417. The molecule has 0 rings (SSSR count). The second-order valence-electron chi connectivity index (χ2n) is 21.8. The van der Waals surface area contributed by atoms with Gasteiger partial charge in [0.2, 0.25) is 5.91 Å². The van der Waals surface area contributed by atoms with E-state index in [-0.39, 0.29) is 24.9 Å². The monoisotopic (exact) mass is 962 g/mol. The molecule has 0 saturated heterocycles. The van der Waals surface area contributed by atoms with Gasteiger partial charge in [-0.1, -0.05) is 323 Å². The van der Waals surface area contributed by atoms with Gasteiger partial charge in [-0.3, -0.25) is 9.59 Å². The lowest BCUT2D eigenvalue weighted by atomic mass is 10.0. The molecule has 1 amide bonds. The summed E-state index contributed by atoms with van der Waals surface area (Å²) in [5.41, 5.74) is 0. The first-order chi connectivity index (χ1) is 33.5. The van der Waals surface area contributed by atoms with E-state index in [0.717, 1.165) is 38.5 Å². The van der Waals surface area contributed by atoms with Crippen LogP contribution in [0.3, 0.4) is 0 Å². The fourth-order valence-electron chi connectivity index (χ4n) is 10.2. The zero-order valence-electron chi connectivity index (χ0n) is 46.5. The molecular weight excluding hydrogens is 839 g/mol. The maximum Gasteiger partial charge on any atom is 0.306 e. The Hall–Kier alpha value is -1.14. The first kappa shape index (κ1) is 66.9. The van der Waals surface area contributed by atoms with Gasteiger partial charge in [0.15, 0.2) is 0 Å². The molecule has 0 aliphatic rings. The van der Waals surface area contributed by atoms with Crippen molar-refractivity contribution < 1.29 is 24.5 Å². The maximum atomic E-state index is 13.3. The highest BCUT2D eigenvalue weighted by atomic mass is 16.5. The molecule has 3 unspecified atom stereocenters. The first-order valence-electron chi connectivity index (χ1n) is 31.3. The van der Waals surface area contributed by atoms with Crippen LogP contribution in [0.4, 0.5) is 0 Å². The normalized spacial score (nSPS) is 13.0. The summed E-state index contributed by atoms with van der Waals surface area (Å²) in [6.07, 6.45) is 64.6. The molecule has 0 radical (unpaired) electrons. The molecule has 0 fully saturated rings. The second-order valence-corrected chi connectivity index (χ2v) is 21.8. The second kappa shape index (κ2) is 56.8. The Kier molecular flexibility index (Phi) is 55.8. The van der Waals surface area contributed by atoms with E-state index in [1.165, 1.54) is 276 Å². The molecule has 0 aromatic heterocycles. The van der Waals surface area contributed by atoms with Gasteiger partial charge in [0.05, 0.1) is 25.2 Å². The Balaban J connectivity index is 4.46. The molecule has 0 aliphatic carbocycles. The standard InChI is InChI=1S/C62H123NO5/c1-4-7-10-13-16-19-22-25-27-29-30-32-34-37-40-43-46-49-52-55-62(67)68-58(53-50-47-44-41-38-36-33-31-28-26-23-20-17-14-11-8-5-2)56-61(66)63-59(57-64)60(65)54-51-48-45-42-39-35-24-21-18-15-12-9-6-3/h58-60,64-65H,4-57H2,1-3H3,(H,63,66). The number of carbonyl (C=O) groups is 2. The van der Waals surface area contributed by atoms with Gasteiger partial charge in [0.1, 0.15) is 6.10 Å². The first-order valence-corrected chi connectivity index (χ1v) is 31.3. The Bertz CT molecular complexity index is 990. The number of carbonyl (C=O) groups excluding carboxylic acids is 2. The summed E-state index contributed by atoms with van der Waals surface area (Å²) in [4.78, 5) is 26.4. The van der Waals surface area contributed by atoms with Gasteiger partial charge in [0.25, 0.3) is 0 Å². The van der Waals surface area contributed by atoms with Gasteiger partial charge in [-0.15, -0.1) is 0 Å². The molecule has 0 heterocycles. The molecule has 0 aliphatic heterocycles. The van der Waals surface area contributed by atoms with Crippen LogP contribution in [0.2, 0.25) is 0 Å². The molecule has 3 atom stereocenters.